The van der Waals surface area contributed by atoms with Crippen LogP contribution in [0, 0.1) is 13.8 Å². The molecule has 3 aromatic rings. The Balaban J connectivity index is 1.51. The number of rotatable bonds is 4. The number of fused-ring (bicyclic) bond motifs is 4. The molecule has 1 saturated carbocycles. The monoisotopic (exact) mass is 455 g/mol. The van der Waals surface area contributed by atoms with Crippen LogP contribution >= 0.6 is 11.6 Å². The van der Waals surface area contributed by atoms with Gasteiger partial charge in [0, 0.05) is 35.8 Å². The molecule has 1 aliphatic carbocycles. The van der Waals surface area contributed by atoms with Gasteiger partial charge < -0.3 is 15.1 Å². The highest BCUT2D eigenvalue weighted by Gasteiger charge is 2.43. The average Bonchev–Trinajstić information content (AvgIpc) is 3.23. The molecule has 1 fully saturated rings. The maximum absolute atomic E-state index is 12.4. The zero-order valence-corrected chi connectivity index (χ0v) is 19.9. The number of aryl methyl sites for hydroxylation is 2. The zero-order chi connectivity index (χ0) is 22.6. The quantitative estimate of drug-likeness (QED) is 0.555. The second-order valence-electron chi connectivity index (χ2n) is 9.41. The molecule has 3 heterocycles. The number of nitrogens with zero attached hydrogens (tertiary/aromatic N) is 3. The molecular weight excluding hydrogens is 426 g/mol. The smallest absolute Gasteiger partial charge is 0.319 e. The summed E-state index contributed by atoms with van der Waals surface area (Å²) in [5, 5.41) is 12.2. The number of hydrogen-bond acceptors (Lipinski definition) is 4. The Bertz CT molecular complexity index is 1210. The van der Waals surface area contributed by atoms with Crippen molar-refractivity contribution < 1.29 is 9.21 Å². The second kappa shape index (κ2) is 7.81. The van der Waals surface area contributed by atoms with Crippen molar-refractivity contribution in [3.8, 4) is 0 Å². The van der Waals surface area contributed by atoms with E-state index in [1.54, 1.807) is 0 Å². The Hall–Kier alpha value is -2.51. The summed E-state index contributed by atoms with van der Waals surface area (Å²) >= 11 is 6.64. The Morgan fingerprint density at radius 1 is 1.22 bits per heavy atom. The third-order valence-corrected chi connectivity index (χ3v) is 7.40. The molecule has 170 valence electrons. The number of nitrogens with one attached hydrogen (secondary N) is 2. The first-order valence-electron chi connectivity index (χ1n) is 11.3. The van der Waals surface area contributed by atoms with Crippen LogP contribution in [0.4, 0.5) is 10.5 Å². The van der Waals surface area contributed by atoms with E-state index in [1.165, 1.54) is 17.7 Å². The van der Waals surface area contributed by atoms with Crippen molar-refractivity contribution in [3.63, 3.8) is 0 Å². The molecule has 0 atom stereocenters. The van der Waals surface area contributed by atoms with Crippen LogP contribution in [0.1, 0.15) is 60.4 Å². The second-order valence-corrected chi connectivity index (χ2v) is 9.81. The molecule has 1 spiro atoms. The molecule has 2 aliphatic rings. The maximum atomic E-state index is 12.4. The van der Waals surface area contributed by atoms with Crippen LogP contribution in [-0.4, -0.2) is 27.8 Å². The number of hydrogen-bond donors (Lipinski definition) is 2. The van der Waals surface area contributed by atoms with E-state index in [0.717, 1.165) is 60.2 Å². The summed E-state index contributed by atoms with van der Waals surface area (Å²) in [7, 11) is 4.07. The SMILES string of the molecule is Cc1nn(C)c(C)c1CN(C)Cc1cc2cc(Cl)c3c(c2o1)C1(CCCCC1)NC(=O)N3. The predicted octanol–water partition coefficient (Wildman–Crippen LogP) is 5.36. The number of carbonyl (C=O) groups excluding carboxylic acids is 1. The fraction of sp³-hybridized carbons (Fsp3) is 0.500. The first-order valence-corrected chi connectivity index (χ1v) is 11.7. The lowest BCUT2D eigenvalue weighted by Crippen LogP contribution is -2.52. The van der Waals surface area contributed by atoms with Crippen molar-refractivity contribution in [2.75, 3.05) is 12.4 Å². The highest BCUT2D eigenvalue weighted by molar-refractivity contribution is 6.35. The van der Waals surface area contributed by atoms with Crippen LogP contribution in [0.3, 0.4) is 0 Å². The van der Waals surface area contributed by atoms with Gasteiger partial charge in [-0.2, -0.15) is 5.10 Å². The van der Waals surface area contributed by atoms with E-state index in [-0.39, 0.29) is 6.03 Å². The van der Waals surface area contributed by atoms with Gasteiger partial charge >= 0.3 is 6.03 Å². The molecule has 2 amide bonds. The number of halogens is 1. The first-order chi connectivity index (χ1) is 15.3. The third kappa shape index (κ3) is 3.48. The predicted molar refractivity (Wildman–Crippen MR) is 126 cm³/mol. The normalized spacial score (nSPS) is 17.6. The minimum Gasteiger partial charge on any atom is -0.459 e. The van der Waals surface area contributed by atoms with Gasteiger partial charge in [-0.05, 0) is 45.9 Å². The van der Waals surface area contributed by atoms with E-state index in [4.69, 9.17) is 16.0 Å². The molecule has 32 heavy (non-hydrogen) atoms. The molecule has 1 aromatic carbocycles. The summed E-state index contributed by atoms with van der Waals surface area (Å²) in [5.74, 6) is 0.883. The molecule has 0 unspecified atom stereocenters. The highest BCUT2D eigenvalue weighted by atomic mass is 35.5. The number of amides is 2. The van der Waals surface area contributed by atoms with E-state index in [0.29, 0.717) is 17.3 Å². The topological polar surface area (TPSA) is 75.3 Å². The Labute approximate surface area is 193 Å². The van der Waals surface area contributed by atoms with E-state index < -0.39 is 5.54 Å². The molecule has 0 bridgehead atoms. The van der Waals surface area contributed by atoms with E-state index in [2.05, 4.69) is 47.6 Å². The third-order valence-electron chi connectivity index (χ3n) is 7.10. The van der Waals surface area contributed by atoms with Gasteiger partial charge in [0.25, 0.3) is 0 Å². The molecule has 2 N–H and O–H groups in total. The summed E-state index contributed by atoms with van der Waals surface area (Å²) in [6, 6.07) is 3.79. The molecule has 2 aromatic heterocycles. The van der Waals surface area contributed by atoms with Gasteiger partial charge in [-0.1, -0.05) is 30.9 Å². The average molecular weight is 456 g/mol. The fourth-order valence-corrected chi connectivity index (χ4v) is 5.71. The van der Waals surface area contributed by atoms with Gasteiger partial charge in [-0.3, -0.25) is 9.58 Å². The van der Waals surface area contributed by atoms with E-state index in [9.17, 15) is 4.79 Å². The molecular formula is C24H30ClN5O2. The molecule has 1 aliphatic heterocycles. The van der Waals surface area contributed by atoms with Gasteiger partial charge in [0.15, 0.2) is 0 Å². The number of urea groups is 1. The lowest BCUT2D eigenvalue weighted by Gasteiger charge is -2.42. The Morgan fingerprint density at radius 3 is 2.66 bits per heavy atom. The van der Waals surface area contributed by atoms with Crippen molar-refractivity contribution in [1.29, 1.82) is 0 Å². The van der Waals surface area contributed by atoms with Gasteiger partial charge in [0.05, 0.1) is 28.5 Å². The number of furan rings is 1. The minimum absolute atomic E-state index is 0.186. The highest BCUT2D eigenvalue weighted by Crippen LogP contribution is 2.49. The van der Waals surface area contributed by atoms with Crippen molar-refractivity contribution in [3.05, 3.63) is 45.4 Å². The Kier molecular flexibility index (Phi) is 5.21. The van der Waals surface area contributed by atoms with Crippen LogP contribution in [0.2, 0.25) is 5.02 Å². The van der Waals surface area contributed by atoms with Crippen molar-refractivity contribution in [2.45, 2.75) is 64.6 Å². The van der Waals surface area contributed by atoms with Crippen LogP contribution in [0.15, 0.2) is 16.5 Å². The number of aromatic nitrogens is 2. The van der Waals surface area contributed by atoms with Crippen molar-refractivity contribution in [1.82, 2.24) is 20.0 Å². The zero-order valence-electron chi connectivity index (χ0n) is 19.1. The summed E-state index contributed by atoms with van der Waals surface area (Å²) in [6.45, 7) is 5.62. The van der Waals surface area contributed by atoms with Crippen LogP contribution in [-0.2, 0) is 25.7 Å². The largest absolute Gasteiger partial charge is 0.459 e. The standard InChI is InChI=1S/C24H30ClN5O2/c1-14-18(15(2)30(4)28-14)13-29(3)12-17-10-16-11-19(25)21-20(22(16)32-17)24(27-23(31)26-21)8-6-5-7-9-24/h10-11H,5-9,12-13H2,1-4H3,(H2,26,27,31). The first kappa shape index (κ1) is 21.3. The molecule has 5 rings (SSSR count). The van der Waals surface area contributed by atoms with Crippen molar-refractivity contribution in [2.24, 2.45) is 7.05 Å². The van der Waals surface area contributed by atoms with Gasteiger partial charge in [-0.15, -0.1) is 0 Å². The molecule has 7 nitrogen and oxygen atoms in total. The summed E-state index contributed by atoms with van der Waals surface area (Å²) < 4.78 is 8.38. The maximum Gasteiger partial charge on any atom is 0.319 e. The van der Waals surface area contributed by atoms with E-state index >= 15 is 0 Å². The number of carbonyl (C=O) groups is 1. The van der Waals surface area contributed by atoms with Gasteiger partial charge in [-0.25, -0.2) is 4.79 Å². The van der Waals surface area contributed by atoms with Gasteiger partial charge in [0.1, 0.15) is 11.3 Å². The number of anilines is 1. The Morgan fingerprint density at radius 2 is 1.97 bits per heavy atom. The number of benzene rings is 1. The fourth-order valence-electron chi connectivity index (χ4n) is 5.45. The van der Waals surface area contributed by atoms with Crippen LogP contribution in [0.5, 0.6) is 0 Å². The minimum atomic E-state index is -0.413. The van der Waals surface area contributed by atoms with Crippen molar-refractivity contribution >= 4 is 34.3 Å². The van der Waals surface area contributed by atoms with E-state index in [1.807, 2.05) is 17.8 Å². The molecule has 8 heteroatoms. The lowest BCUT2D eigenvalue weighted by molar-refractivity contribution is 0.208. The van der Waals surface area contributed by atoms with Gasteiger partial charge in [0.2, 0.25) is 0 Å². The van der Waals surface area contributed by atoms with Crippen LogP contribution in [0.25, 0.3) is 11.0 Å². The lowest BCUT2D eigenvalue weighted by atomic mass is 9.74. The summed E-state index contributed by atoms with van der Waals surface area (Å²) in [6.07, 6.45) is 5.14. The summed E-state index contributed by atoms with van der Waals surface area (Å²) in [5.41, 5.74) is 5.61. The van der Waals surface area contributed by atoms with Crippen LogP contribution < -0.4 is 10.6 Å². The summed E-state index contributed by atoms with van der Waals surface area (Å²) in [4.78, 5) is 14.7. The molecule has 0 radical (unpaired) electrons. The molecule has 0 saturated heterocycles.